The van der Waals surface area contributed by atoms with Crippen LogP contribution in [-0.2, 0) is 4.74 Å². The molecule has 1 aliphatic carbocycles. The molecule has 1 unspecified atom stereocenters. The van der Waals surface area contributed by atoms with E-state index >= 15 is 0 Å². The number of amides is 1. The number of aliphatic hydroxyl groups excluding tert-OH is 1. The van der Waals surface area contributed by atoms with Crippen LogP contribution in [-0.4, -0.2) is 73.7 Å². The highest BCUT2D eigenvalue weighted by Gasteiger charge is 2.32. The summed E-state index contributed by atoms with van der Waals surface area (Å²) in [6.07, 6.45) is 5.36. The molecule has 0 bridgehead atoms. The third-order valence-corrected chi connectivity index (χ3v) is 7.00. The number of fused-ring (bicyclic) bond motifs is 2. The molecule has 182 valence electrons. The van der Waals surface area contributed by atoms with Crippen LogP contribution in [0.25, 0.3) is 27.9 Å². The molecule has 1 saturated carbocycles. The largest absolute Gasteiger partial charge is 0.391 e. The summed E-state index contributed by atoms with van der Waals surface area (Å²) >= 11 is 0. The SMILES string of the molecule is CNc1cc(-c2cn([C@@H]3CCOC[C@@H]3F)c3ncccc23)nc2c(C(=O)NC3CC[C@H]3O)cnn12. The van der Waals surface area contributed by atoms with Crippen molar-refractivity contribution in [2.45, 2.75) is 43.6 Å². The lowest BCUT2D eigenvalue weighted by Gasteiger charge is -2.32. The zero-order valence-electron chi connectivity index (χ0n) is 19.2. The van der Waals surface area contributed by atoms with E-state index in [4.69, 9.17) is 9.72 Å². The van der Waals surface area contributed by atoms with Gasteiger partial charge in [-0.3, -0.25) is 4.79 Å². The van der Waals surface area contributed by atoms with Crippen LogP contribution in [0, 0.1) is 0 Å². The van der Waals surface area contributed by atoms with Gasteiger partial charge in [0.2, 0.25) is 0 Å². The van der Waals surface area contributed by atoms with E-state index in [0.29, 0.717) is 47.8 Å². The quantitative estimate of drug-likeness (QED) is 0.402. The standard InChI is InChI=1S/C24H26FN7O3/c1-26-21-9-18(29-23-14(10-28-32(21)23)24(34)30-17-4-5-20(17)33)15-11-31(19-6-8-35-12-16(19)25)22-13(15)3-2-7-27-22/h2-3,7,9-11,16-17,19-20,26,33H,4-6,8,12H2,1H3,(H,30,34)/t16-,17?,19+,20+/m0/s1. The minimum absolute atomic E-state index is 0.0601. The summed E-state index contributed by atoms with van der Waals surface area (Å²) in [7, 11) is 1.77. The molecule has 0 radical (unpaired) electrons. The van der Waals surface area contributed by atoms with Crippen LogP contribution < -0.4 is 10.6 Å². The van der Waals surface area contributed by atoms with Gasteiger partial charge in [0.15, 0.2) is 5.65 Å². The van der Waals surface area contributed by atoms with E-state index < -0.39 is 12.3 Å². The number of aromatic nitrogens is 5. The normalized spacial score (nSPS) is 24.4. The van der Waals surface area contributed by atoms with Crippen molar-refractivity contribution in [2.24, 2.45) is 0 Å². The van der Waals surface area contributed by atoms with Crippen molar-refractivity contribution in [2.75, 3.05) is 25.6 Å². The first-order valence-electron chi connectivity index (χ1n) is 11.8. The molecular weight excluding hydrogens is 453 g/mol. The number of hydrogen-bond acceptors (Lipinski definition) is 7. The van der Waals surface area contributed by atoms with Crippen molar-refractivity contribution >= 4 is 28.4 Å². The second-order valence-corrected chi connectivity index (χ2v) is 9.07. The number of pyridine rings is 1. The minimum atomic E-state index is -1.13. The topological polar surface area (TPSA) is 119 Å². The number of halogens is 1. The third-order valence-electron chi connectivity index (χ3n) is 7.00. The predicted molar refractivity (Wildman–Crippen MR) is 127 cm³/mol. The molecule has 4 aromatic rings. The van der Waals surface area contributed by atoms with Crippen molar-refractivity contribution in [3.63, 3.8) is 0 Å². The Morgan fingerprint density at radius 3 is 2.91 bits per heavy atom. The van der Waals surface area contributed by atoms with Gasteiger partial charge in [-0.2, -0.15) is 9.61 Å². The molecule has 1 aliphatic heterocycles. The second-order valence-electron chi connectivity index (χ2n) is 9.07. The predicted octanol–water partition coefficient (Wildman–Crippen LogP) is 2.34. The van der Waals surface area contributed by atoms with Crippen molar-refractivity contribution in [1.29, 1.82) is 0 Å². The molecule has 6 rings (SSSR count). The molecular formula is C24H26FN7O3. The van der Waals surface area contributed by atoms with Crippen molar-refractivity contribution < 1.29 is 19.0 Å². The Morgan fingerprint density at radius 2 is 2.17 bits per heavy atom. The molecule has 10 nitrogen and oxygen atoms in total. The van der Waals surface area contributed by atoms with Crippen LogP contribution in [0.3, 0.4) is 0 Å². The number of alkyl halides is 1. The van der Waals surface area contributed by atoms with Crippen molar-refractivity contribution in [1.82, 2.24) is 29.5 Å². The molecule has 4 aromatic heterocycles. The number of ether oxygens (including phenoxy) is 1. The van der Waals surface area contributed by atoms with Gasteiger partial charge in [0.1, 0.15) is 23.2 Å². The van der Waals surface area contributed by atoms with Crippen LogP contribution in [0.15, 0.2) is 36.8 Å². The van der Waals surface area contributed by atoms with Gasteiger partial charge in [-0.1, -0.05) is 0 Å². The Balaban J connectivity index is 1.47. The first kappa shape index (κ1) is 21.9. The maximum Gasteiger partial charge on any atom is 0.257 e. The third kappa shape index (κ3) is 3.62. The van der Waals surface area contributed by atoms with Crippen LogP contribution >= 0.6 is 0 Å². The summed E-state index contributed by atoms with van der Waals surface area (Å²) in [4.78, 5) is 22.3. The van der Waals surface area contributed by atoms with E-state index in [1.165, 1.54) is 6.20 Å². The first-order chi connectivity index (χ1) is 17.0. The van der Waals surface area contributed by atoms with Gasteiger partial charge in [-0.05, 0) is 31.4 Å². The Hall–Kier alpha value is -3.57. The smallest absolute Gasteiger partial charge is 0.257 e. The van der Waals surface area contributed by atoms with E-state index in [-0.39, 0.29) is 24.6 Å². The fourth-order valence-corrected chi connectivity index (χ4v) is 4.88. The highest BCUT2D eigenvalue weighted by Crippen LogP contribution is 2.35. The maximum atomic E-state index is 14.8. The van der Waals surface area contributed by atoms with Crippen molar-refractivity contribution in [3.8, 4) is 11.3 Å². The highest BCUT2D eigenvalue weighted by molar-refractivity contribution is 6.01. The summed E-state index contributed by atoms with van der Waals surface area (Å²) < 4.78 is 23.5. The van der Waals surface area contributed by atoms with Gasteiger partial charge in [0.05, 0.1) is 36.7 Å². The molecule has 1 amide bonds. The van der Waals surface area contributed by atoms with E-state index in [0.717, 1.165) is 17.4 Å². The number of aliphatic hydroxyl groups is 1. The number of anilines is 1. The zero-order chi connectivity index (χ0) is 24.1. The maximum absolute atomic E-state index is 14.8. The number of carbonyl (C=O) groups excluding carboxylic acids is 1. The average Bonchev–Trinajstić information content (AvgIpc) is 3.48. The molecule has 4 atom stereocenters. The molecule has 0 spiro atoms. The van der Waals surface area contributed by atoms with Crippen LogP contribution in [0.2, 0.25) is 0 Å². The highest BCUT2D eigenvalue weighted by atomic mass is 19.1. The van der Waals surface area contributed by atoms with Crippen LogP contribution in [0.5, 0.6) is 0 Å². The minimum Gasteiger partial charge on any atom is -0.391 e. The van der Waals surface area contributed by atoms with Gasteiger partial charge in [-0.15, -0.1) is 0 Å². The fourth-order valence-electron chi connectivity index (χ4n) is 4.88. The molecule has 2 fully saturated rings. The summed E-state index contributed by atoms with van der Waals surface area (Å²) in [5, 5.41) is 21.0. The Labute approximate surface area is 200 Å². The molecule has 35 heavy (non-hydrogen) atoms. The average molecular weight is 480 g/mol. The van der Waals surface area contributed by atoms with Crippen LogP contribution in [0.1, 0.15) is 35.7 Å². The summed E-state index contributed by atoms with van der Waals surface area (Å²) in [5.41, 5.74) is 2.78. The molecule has 2 aliphatic rings. The van der Waals surface area contributed by atoms with Gasteiger partial charge in [-0.25, -0.2) is 14.4 Å². The van der Waals surface area contributed by atoms with Crippen LogP contribution in [0.4, 0.5) is 10.2 Å². The summed E-state index contributed by atoms with van der Waals surface area (Å²) in [6, 6.07) is 4.98. The Kier molecular flexibility index (Phi) is 5.37. The zero-order valence-corrected chi connectivity index (χ0v) is 19.2. The molecule has 0 aromatic carbocycles. The van der Waals surface area contributed by atoms with Gasteiger partial charge < -0.3 is 25.0 Å². The van der Waals surface area contributed by atoms with Crippen molar-refractivity contribution in [3.05, 3.63) is 42.4 Å². The monoisotopic (exact) mass is 479 g/mol. The number of nitrogens with one attached hydrogen (secondary N) is 2. The number of nitrogens with zero attached hydrogens (tertiary/aromatic N) is 5. The number of carbonyl (C=O) groups is 1. The molecule has 1 saturated heterocycles. The lowest BCUT2D eigenvalue weighted by molar-refractivity contribution is 0.00443. The van der Waals surface area contributed by atoms with Gasteiger partial charge in [0.25, 0.3) is 5.91 Å². The number of rotatable bonds is 5. The van der Waals surface area contributed by atoms with Gasteiger partial charge in [0, 0.05) is 43.1 Å². The van der Waals surface area contributed by atoms with E-state index in [1.807, 2.05) is 29.0 Å². The fraction of sp³-hybridized carbons (Fsp3) is 0.417. The lowest BCUT2D eigenvalue weighted by atomic mass is 9.89. The number of hydrogen-bond donors (Lipinski definition) is 3. The molecule has 11 heteroatoms. The Morgan fingerprint density at radius 1 is 1.29 bits per heavy atom. The van der Waals surface area contributed by atoms with E-state index in [9.17, 15) is 14.3 Å². The first-order valence-corrected chi connectivity index (χ1v) is 11.8. The Bertz CT molecular complexity index is 1420. The van der Waals surface area contributed by atoms with Gasteiger partial charge >= 0.3 is 0 Å². The van der Waals surface area contributed by atoms with E-state index in [2.05, 4.69) is 20.7 Å². The summed E-state index contributed by atoms with van der Waals surface area (Å²) in [6.45, 7) is 0.551. The van der Waals surface area contributed by atoms with E-state index in [1.54, 1.807) is 17.8 Å². The summed E-state index contributed by atoms with van der Waals surface area (Å²) in [5.74, 6) is 0.314. The molecule has 5 heterocycles. The lowest BCUT2D eigenvalue weighted by Crippen LogP contribution is -2.50. The second kappa shape index (κ2) is 8.58. The molecule has 3 N–H and O–H groups in total.